The summed E-state index contributed by atoms with van der Waals surface area (Å²) < 4.78 is 0.831. The van der Waals surface area contributed by atoms with Crippen molar-refractivity contribution in [3.05, 3.63) is 33.3 Å². The third-order valence-corrected chi connectivity index (χ3v) is 3.24. The summed E-state index contributed by atoms with van der Waals surface area (Å²) in [4.78, 5) is 14.5. The van der Waals surface area contributed by atoms with Crippen LogP contribution in [0, 0.1) is 11.8 Å². The first-order valence-electron chi connectivity index (χ1n) is 6.55. The second-order valence-corrected chi connectivity index (χ2v) is 7.01. The standard InChI is InChI=1S/C15H21BrClNO/c1-10(2)8-18(9-11(3)4)15(19)12-5-13(16)7-14(17)6-12/h5-7,10-11H,8-9H2,1-4H3. The molecule has 1 amide bonds. The van der Waals surface area contributed by atoms with Gasteiger partial charge in [0.2, 0.25) is 0 Å². The second-order valence-electron chi connectivity index (χ2n) is 5.66. The number of carbonyl (C=O) groups is 1. The van der Waals surface area contributed by atoms with Gasteiger partial charge in [0.1, 0.15) is 0 Å². The van der Waals surface area contributed by atoms with Crippen LogP contribution in [0.15, 0.2) is 22.7 Å². The van der Waals surface area contributed by atoms with E-state index in [1.54, 1.807) is 12.1 Å². The third-order valence-electron chi connectivity index (χ3n) is 2.57. The fourth-order valence-electron chi connectivity index (χ4n) is 1.98. The smallest absolute Gasteiger partial charge is 0.253 e. The summed E-state index contributed by atoms with van der Waals surface area (Å²) in [6.45, 7) is 10.0. The van der Waals surface area contributed by atoms with Crippen LogP contribution >= 0.6 is 27.5 Å². The number of carbonyl (C=O) groups excluding carboxylic acids is 1. The average molecular weight is 347 g/mol. The van der Waals surface area contributed by atoms with Gasteiger partial charge in [-0.15, -0.1) is 0 Å². The predicted octanol–water partition coefficient (Wildman–Crippen LogP) is 4.86. The zero-order chi connectivity index (χ0) is 14.6. The highest BCUT2D eigenvalue weighted by Gasteiger charge is 2.18. The molecule has 19 heavy (non-hydrogen) atoms. The van der Waals surface area contributed by atoms with Gasteiger partial charge in [-0.05, 0) is 30.0 Å². The molecule has 0 N–H and O–H groups in total. The molecule has 0 radical (unpaired) electrons. The molecule has 0 fully saturated rings. The minimum Gasteiger partial charge on any atom is -0.338 e. The van der Waals surface area contributed by atoms with Crippen molar-refractivity contribution in [2.45, 2.75) is 27.7 Å². The monoisotopic (exact) mass is 345 g/mol. The molecular formula is C15H21BrClNO. The molecule has 0 aromatic heterocycles. The minimum atomic E-state index is 0.0469. The van der Waals surface area contributed by atoms with E-state index in [0.717, 1.165) is 17.6 Å². The highest BCUT2D eigenvalue weighted by Crippen LogP contribution is 2.21. The number of halogens is 2. The van der Waals surface area contributed by atoms with Gasteiger partial charge in [0.05, 0.1) is 0 Å². The largest absolute Gasteiger partial charge is 0.338 e. The minimum absolute atomic E-state index is 0.0469. The Labute approximate surface area is 129 Å². The fourth-order valence-corrected chi connectivity index (χ4v) is 2.84. The Morgan fingerprint density at radius 3 is 2.11 bits per heavy atom. The Morgan fingerprint density at radius 1 is 1.16 bits per heavy atom. The van der Waals surface area contributed by atoms with E-state index in [4.69, 9.17) is 11.6 Å². The second kappa shape index (κ2) is 7.30. The fraction of sp³-hybridized carbons (Fsp3) is 0.533. The van der Waals surface area contributed by atoms with Crippen molar-refractivity contribution in [3.8, 4) is 0 Å². The maximum absolute atomic E-state index is 12.6. The molecule has 0 aliphatic heterocycles. The zero-order valence-corrected chi connectivity index (χ0v) is 14.3. The van der Waals surface area contributed by atoms with Gasteiger partial charge in [-0.1, -0.05) is 55.2 Å². The van der Waals surface area contributed by atoms with E-state index in [0.29, 0.717) is 22.4 Å². The van der Waals surface area contributed by atoms with E-state index in [2.05, 4.69) is 43.6 Å². The van der Waals surface area contributed by atoms with Crippen molar-refractivity contribution < 1.29 is 4.79 Å². The van der Waals surface area contributed by atoms with Crippen LogP contribution in [-0.4, -0.2) is 23.9 Å². The number of rotatable bonds is 5. The first-order chi connectivity index (χ1) is 8.79. The highest BCUT2D eigenvalue weighted by molar-refractivity contribution is 9.10. The van der Waals surface area contributed by atoms with Crippen molar-refractivity contribution in [2.75, 3.05) is 13.1 Å². The van der Waals surface area contributed by atoms with Gasteiger partial charge in [-0.3, -0.25) is 4.79 Å². The summed E-state index contributed by atoms with van der Waals surface area (Å²) in [5.74, 6) is 0.946. The van der Waals surface area contributed by atoms with Crippen LogP contribution in [0.2, 0.25) is 5.02 Å². The summed E-state index contributed by atoms with van der Waals surface area (Å²) in [5, 5.41) is 0.576. The first-order valence-corrected chi connectivity index (χ1v) is 7.72. The number of nitrogens with zero attached hydrogens (tertiary/aromatic N) is 1. The van der Waals surface area contributed by atoms with Crippen molar-refractivity contribution in [2.24, 2.45) is 11.8 Å². The quantitative estimate of drug-likeness (QED) is 0.746. The van der Waals surface area contributed by atoms with Crippen molar-refractivity contribution in [1.29, 1.82) is 0 Å². The van der Waals surface area contributed by atoms with E-state index in [1.807, 2.05) is 11.0 Å². The van der Waals surface area contributed by atoms with E-state index in [1.165, 1.54) is 0 Å². The van der Waals surface area contributed by atoms with Crippen LogP contribution in [0.4, 0.5) is 0 Å². The van der Waals surface area contributed by atoms with Gasteiger partial charge in [-0.25, -0.2) is 0 Å². The van der Waals surface area contributed by atoms with Crippen molar-refractivity contribution in [3.63, 3.8) is 0 Å². The lowest BCUT2D eigenvalue weighted by atomic mass is 10.1. The Kier molecular flexibility index (Phi) is 6.34. The van der Waals surface area contributed by atoms with Gasteiger partial charge < -0.3 is 4.90 Å². The van der Waals surface area contributed by atoms with Gasteiger partial charge in [-0.2, -0.15) is 0 Å². The number of benzene rings is 1. The van der Waals surface area contributed by atoms with E-state index < -0.39 is 0 Å². The molecule has 0 unspecified atom stereocenters. The molecule has 0 saturated carbocycles. The summed E-state index contributed by atoms with van der Waals surface area (Å²) >= 11 is 9.39. The molecule has 0 atom stereocenters. The summed E-state index contributed by atoms with van der Waals surface area (Å²) in [6, 6.07) is 5.33. The van der Waals surface area contributed by atoms with Crippen LogP contribution in [0.1, 0.15) is 38.1 Å². The van der Waals surface area contributed by atoms with Crippen LogP contribution in [0.3, 0.4) is 0 Å². The predicted molar refractivity (Wildman–Crippen MR) is 84.7 cm³/mol. The molecule has 106 valence electrons. The van der Waals surface area contributed by atoms with E-state index in [9.17, 15) is 4.79 Å². The molecule has 2 nitrogen and oxygen atoms in total. The molecule has 0 heterocycles. The maximum atomic E-state index is 12.6. The van der Waals surface area contributed by atoms with Gasteiger partial charge in [0.25, 0.3) is 5.91 Å². The molecule has 0 aliphatic rings. The van der Waals surface area contributed by atoms with Crippen LogP contribution < -0.4 is 0 Å². The number of hydrogen-bond acceptors (Lipinski definition) is 1. The number of amides is 1. The molecule has 1 aromatic carbocycles. The molecule has 1 aromatic rings. The molecular weight excluding hydrogens is 326 g/mol. The first kappa shape index (κ1) is 16.5. The highest BCUT2D eigenvalue weighted by atomic mass is 79.9. The normalized spacial score (nSPS) is 11.2. The lowest BCUT2D eigenvalue weighted by Crippen LogP contribution is -2.37. The molecule has 0 spiro atoms. The van der Waals surface area contributed by atoms with Gasteiger partial charge in [0, 0.05) is 28.1 Å². The summed E-state index contributed by atoms with van der Waals surface area (Å²) in [7, 11) is 0. The SMILES string of the molecule is CC(C)CN(CC(C)C)C(=O)c1cc(Cl)cc(Br)c1. The molecule has 1 rings (SSSR count). The van der Waals surface area contributed by atoms with E-state index >= 15 is 0 Å². The van der Waals surface area contributed by atoms with Crippen molar-refractivity contribution in [1.82, 2.24) is 4.90 Å². The Bertz CT molecular complexity index is 416. The molecule has 0 aliphatic carbocycles. The van der Waals surface area contributed by atoms with Crippen molar-refractivity contribution >= 4 is 33.4 Å². The van der Waals surface area contributed by atoms with Crippen LogP contribution in [0.5, 0.6) is 0 Å². The van der Waals surface area contributed by atoms with E-state index in [-0.39, 0.29) is 5.91 Å². The number of hydrogen-bond donors (Lipinski definition) is 0. The summed E-state index contributed by atoms with van der Waals surface area (Å²) in [6.07, 6.45) is 0. The average Bonchev–Trinajstić information content (AvgIpc) is 2.24. The Hall–Kier alpha value is -0.540. The lowest BCUT2D eigenvalue weighted by molar-refractivity contribution is 0.0715. The van der Waals surface area contributed by atoms with Crippen LogP contribution in [-0.2, 0) is 0 Å². The Morgan fingerprint density at radius 2 is 1.68 bits per heavy atom. The van der Waals surface area contributed by atoms with Gasteiger partial charge >= 0.3 is 0 Å². The zero-order valence-electron chi connectivity index (χ0n) is 11.9. The third kappa shape index (κ3) is 5.53. The molecule has 0 saturated heterocycles. The van der Waals surface area contributed by atoms with Crippen LogP contribution in [0.25, 0.3) is 0 Å². The summed E-state index contributed by atoms with van der Waals surface area (Å²) in [5.41, 5.74) is 0.640. The van der Waals surface area contributed by atoms with Gasteiger partial charge in [0.15, 0.2) is 0 Å². The Balaban J connectivity index is 2.97. The molecule has 0 bridgehead atoms. The lowest BCUT2D eigenvalue weighted by Gasteiger charge is -2.26. The maximum Gasteiger partial charge on any atom is 0.253 e. The molecule has 4 heteroatoms. The topological polar surface area (TPSA) is 20.3 Å².